The third-order valence-corrected chi connectivity index (χ3v) is 6.08. The lowest BCUT2D eigenvalue weighted by atomic mass is 9.98. The summed E-state index contributed by atoms with van der Waals surface area (Å²) in [5, 5.41) is 9.56. The van der Waals surface area contributed by atoms with Crippen molar-refractivity contribution < 1.29 is 9.32 Å². The predicted octanol–water partition coefficient (Wildman–Crippen LogP) is 3.81. The molecule has 1 rings (SSSR count). The van der Waals surface area contributed by atoms with Crippen LogP contribution in [-0.2, 0) is 10.8 Å². The Kier molecular flexibility index (Phi) is 7.27. The van der Waals surface area contributed by atoms with Gasteiger partial charge in [0.05, 0.1) is 0 Å². The number of hydrogen-bond acceptors (Lipinski definition) is 3. The summed E-state index contributed by atoms with van der Waals surface area (Å²) >= 11 is 1.81. The van der Waals surface area contributed by atoms with Crippen molar-refractivity contribution in [3.63, 3.8) is 0 Å². The van der Waals surface area contributed by atoms with Gasteiger partial charge in [-0.25, -0.2) is 0 Å². The maximum absolute atomic E-state index is 12.1. The van der Waals surface area contributed by atoms with Crippen molar-refractivity contribution in [2.75, 3.05) is 18.1 Å². The SMILES string of the molecule is CCSc1ccc([C@H](CO)CC[S@](=O)C(C)(C)C)cc1. The van der Waals surface area contributed by atoms with E-state index in [1.54, 1.807) is 0 Å². The molecule has 0 aliphatic carbocycles. The van der Waals surface area contributed by atoms with Gasteiger partial charge in [0.15, 0.2) is 0 Å². The predicted molar refractivity (Wildman–Crippen MR) is 90.0 cm³/mol. The molecule has 2 atom stereocenters. The first-order valence-electron chi connectivity index (χ1n) is 7.10. The first kappa shape index (κ1) is 17.7. The number of hydrogen-bond donors (Lipinski definition) is 1. The summed E-state index contributed by atoms with van der Waals surface area (Å²) in [6, 6.07) is 8.37. The number of aliphatic hydroxyl groups excluding tert-OH is 1. The molecule has 0 saturated heterocycles. The van der Waals surface area contributed by atoms with Gasteiger partial charge < -0.3 is 5.11 Å². The van der Waals surface area contributed by atoms with Gasteiger partial charge in [-0.3, -0.25) is 4.21 Å². The van der Waals surface area contributed by atoms with E-state index in [1.807, 2.05) is 32.5 Å². The highest BCUT2D eigenvalue weighted by molar-refractivity contribution is 7.99. The molecule has 1 aromatic carbocycles. The molecule has 2 nitrogen and oxygen atoms in total. The number of rotatable bonds is 7. The minimum absolute atomic E-state index is 0.0852. The third kappa shape index (κ3) is 5.58. The van der Waals surface area contributed by atoms with E-state index in [-0.39, 0.29) is 17.3 Å². The van der Waals surface area contributed by atoms with E-state index in [0.717, 1.165) is 17.7 Å². The second kappa shape index (κ2) is 8.20. The second-order valence-corrected chi connectivity index (χ2v) is 9.49. The topological polar surface area (TPSA) is 37.3 Å². The lowest BCUT2D eigenvalue weighted by Gasteiger charge is -2.20. The average molecular weight is 315 g/mol. The molecule has 0 fully saturated rings. The van der Waals surface area contributed by atoms with Crippen LogP contribution in [0.5, 0.6) is 0 Å². The van der Waals surface area contributed by atoms with Gasteiger partial charge in [0.1, 0.15) is 0 Å². The zero-order valence-corrected chi connectivity index (χ0v) is 14.5. The Morgan fingerprint density at radius 3 is 2.30 bits per heavy atom. The number of benzene rings is 1. The van der Waals surface area contributed by atoms with Crippen LogP contribution in [0.15, 0.2) is 29.2 Å². The summed E-state index contributed by atoms with van der Waals surface area (Å²) in [7, 11) is -0.856. The third-order valence-electron chi connectivity index (χ3n) is 3.22. The zero-order chi connectivity index (χ0) is 15.2. The smallest absolute Gasteiger partial charge is 0.0500 e. The highest BCUT2D eigenvalue weighted by Crippen LogP contribution is 2.25. The molecule has 0 aromatic heterocycles. The van der Waals surface area contributed by atoms with Gasteiger partial charge in [-0.05, 0) is 50.6 Å². The zero-order valence-electron chi connectivity index (χ0n) is 12.9. The van der Waals surface area contributed by atoms with Crippen LogP contribution in [0.2, 0.25) is 0 Å². The summed E-state index contributed by atoms with van der Waals surface area (Å²) in [5.74, 6) is 1.79. The lowest BCUT2D eigenvalue weighted by Crippen LogP contribution is -2.25. The van der Waals surface area contributed by atoms with E-state index >= 15 is 0 Å². The van der Waals surface area contributed by atoms with Gasteiger partial charge in [-0.15, -0.1) is 11.8 Å². The van der Waals surface area contributed by atoms with Gasteiger partial charge in [0, 0.05) is 38.7 Å². The van der Waals surface area contributed by atoms with Gasteiger partial charge in [0.2, 0.25) is 0 Å². The molecule has 114 valence electrons. The minimum atomic E-state index is -0.856. The van der Waals surface area contributed by atoms with E-state index in [4.69, 9.17) is 0 Å². The van der Waals surface area contributed by atoms with Crippen LogP contribution in [0.25, 0.3) is 0 Å². The second-order valence-electron chi connectivity index (χ2n) is 5.83. The van der Waals surface area contributed by atoms with Crippen molar-refractivity contribution in [2.24, 2.45) is 0 Å². The molecule has 0 aliphatic heterocycles. The molecule has 4 heteroatoms. The molecular weight excluding hydrogens is 288 g/mol. The fourth-order valence-electron chi connectivity index (χ4n) is 1.92. The maximum atomic E-state index is 12.1. The fraction of sp³-hybridized carbons (Fsp3) is 0.625. The van der Waals surface area contributed by atoms with E-state index in [9.17, 15) is 9.32 Å². The molecular formula is C16H26O2S2. The summed E-state index contributed by atoms with van der Waals surface area (Å²) in [4.78, 5) is 1.26. The van der Waals surface area contributed by atoms with Crippen LogP contribution in [0.1, 0.15) is 45.6 Å². The summed E-state index contributed by atoms with van der Waals surface area (Å²) in [5.41, 5.74) is 1.14. The van der Waals surface area contributed by atoms with Crippen LogP contribution in [0.3, 0.4) is 0 Å². The van der Waals surface area contributed by atoms with Crippen LogP contribution in [-0.4, -0.2) is 32.2 Å². The Bertz CT molecular complexity index is 421. The van der Waals surface area contributed by atoms with Crippen LogP contribution in [0, 0.1) is 0 Å². The molecule has 1 N–H and O–H groups in total. The molecule has 0 saturated carbocycles. The molecule has 0 heterocycles. The molecule has 0 unspecified atom stereocenters. The van der Waals surface area contributed by atoms with E-state index in [1.165, 1.54) is 4.90 Å². The summed E-state index contributed by atoms with van der Waals surface area (Å²) in [6.45, 7) is 8.23. The Morgan fingerprint density at radius 1 is 1.25 bits per heavy atom. The first-order chi connectivity index (χ1) is 9.38. The van der Waals surface area contributed by atoms with E-state index < -0.39 is 10.8 Å². The Labute approximate surface area is 129 Å². The van der Waals surface area contributed by atoms with Crippen LogP contribution < -0.4 is 0 Å². The highest BCUT2D eigenvalue weighted by Gasteiger charge is 2.21. The number of aliphatic hydroxyl groups is 1. The van der Waals surface area contributed by atoms with Crippen LogP contribution in [0.4, 0.5) is 0 Å². The van der Waals surface area contributed by atoms with Crippen molar-refractivity contribution in [3.05, 3.63) is 29.8 Å². The minimum Gasteiger partial charge on any atom is -0.396 e. The molecule has 0 radical (unpaired) electrons. The molecule has 1 aromatic rings. The van der Waals surface area contributed by atoms with Gasteiger partial charge >= 0.3 is 0 Å². The van der Waals surface area contributed by atoms with Crippen molar-refractivity contribution >= 4 is 22.6 Å². The standard InChI is InChI=1S/C16H26O2S2/c1-5-19-15-8-6-13(7-9-15)14(12-17)10-11-20(18)16(2,3)4/h6-9,14,17H,5,10-12H2,1-4H3/t14-,20-/m0/s1. The Morgan fingerprint density at radius 2 is 1.85 bits per heavy atom. The van der Waals surface area contributed by atoms with Crippen molar-refractivity contribution in [1.29, 1.82) is 0 Å². The molecule has 0 bridgehead atoms. The summed E-state index contributed by atoms with van der Waals surface area (Å²) in [6.07, 6.45) is 0.765. The van der Waals surface area contributed by atoms with E-state index in [2.05, 4.69) is 31.2 Å². The monoisotopic (exact) mass is 314 g/mol. The average Bonchev–Trinajstić information content (AvgIpc) is 2.40. The van der Waals surface area contributed by atoms with Gasteiger partial charge in [-0.2, -0.15) is 0 Å². The van der Waals surface area contributed by atoms with Crippen LogP contribution >= 0.6 is 11.8 Å². The van der Waals surface area contributed by atoms with E-state index in [0.29, 0.717) is 5.75 Å². The molecule has 20 heavy (non-hydrogen) atoms. The quantitative estimate of drug-likeness (QED) is 0.778. The van der Waals surface area contributed by atoms with Crippen molar-refractivity contribution in [3.8, 4) is 0 Å². The van der Waals surface area contributed by atoms with Crippen molar-refractivity contribution in [1.82, 2.24) is 0 Å². The highest BCUT2D eigenvalue weighted by atomic mass is 32.2. The lowest BCUT2D eigenvalue weighted by molar-refractivity contribution is 0.262. The molecule has 0 spiro atoms. The molecule has 0 amide bonds. The number of thioether (sulfide) groups is 1. The Hall–Kier alpha value is -0.320. The van der Waals surface area contributed by atoms with Crippen molar-refractivity contribution in [2.45, 2.75) is 49.7 Å². The van der Waals surface area contributed by atoms with Gasteiger partial charge in [0.25, 0.3) is 0 Å². The van der Waals surface area contributed by atoms with Gasteiger partial charge in [-0.1, -0.05) is 19.1 Å². The normalized spacial score (nSPS) is 15.1. The largest absolute Gasteiger partial charge is 0.396 e. The Balaban J connectivity index is 2.64. The fourth-order valence-corrected chi connectivity index (χ4v) is 3.69. The molecule has 0 aliphatic rings. The first-order valence-corrected chi connectivity index (χ1v) is 9.41. The summed E-state index contributed by atoms with van der Waals surface area (Å²) < 4.78 is 11.9. The maximum Gasteiger partial charge on any atom is 0.0500 e.